The highest BCUT2D eigenvalue weighted by Gasteiger charge is 2.23. The van der Waals surface area contributed by atoms with Crippen molar-refractivity contribution in [1.29, 1.82) is 0 Å². The molecule has 1 aromatic carbocycles. The number of hydrogen-bond donors (Lipinski definition) is 1. The normalized spacial score (nSPS) is 14.8. The zero-order valence-electron chi connectivity index (χ0n) is 14.0. The minimum absolute atomic E-state index is 0.0576. The Balaban J connectivity index is 1.83. The zero-order valence-corrected chi connectivity index (χ0v) is 14.0. The topological polar surface area (TPSA) is 61.9 Å². The molecule has 1 fully saturated rings. The minimum atomic E-state index is -0.206. The first-order valence-electron chi connectivity index (χ1n) is 7.95. The highest BCUT2D eigenvalue weighted by molar-refractivity contribution is 5.97. The van der Waals surface area contributed by atoms with E-state index in [1.807, 2.05) is 38.1 Å². The van der Waals surface area contributed by atoms with Crippen LogP contribution in [-0.4, -0.2) is 56.0 Å². The average Bonchev–Trinajstić information content (AvgIpc) is 2.54. The first-order chi connectivity index (χ1) is 11.0. The van der Waals surface area contributed by atoms with Crippen LogP contribution in [0.2, 0.25) is 0 Å². The molecule has 0 unspecified atom stereocenters. The van der Waals surface area contributed by atoms with Crippen molar-refractivity contribution in [3.8, 4) is 5.75 Å². The monoisotopic (exact) mass is 319 g/mol. The number of methoxy groups -OCH3 is 1. The standard InChI is InChI=1S/C17H25N3O3/c1-13(2)18-16(21)12-17(22)20-10-8-19(9-11-20)14-4-6-15(23-3)7-5-14/h4-7,13H,8-12H2,1-3H3,(H,18,21). The summed E-state index contributed by atoms with van der Waals surface area (Å²) in [6.45, 7) is 6.58. The fourth-order valence-corrected chi connectivity index (χ4v) is 2.63. The van der Waals surface area contributed by atoms with Gasteiger partial charge in [0.2, 0.25) is 11.8 Å². The molecule has 0 atom stereocenters. The number of carbonyl (C=O) groups is 2. The van der Waals surface area contributed by atoms with Gasteiger partial charge in [0.15, 0.2) is 0 Å². The molecule has 2 amide bonds. The molecule has 0 saturated carbocycles. The van der Waals surface area contributed by atoms with Gasteiger partial charge in [-0.3, -0.25) is 9.59 Å². The Hall–Kier alpha value is -2.24. The van der Waals surface area contributed by atoms with Crippen molar-refractivity contribution in [1.82, 2.24) is 10.2 Å². The molecule has 1 aliphatic rings. The summed E-state index contributed by atoms with van der Waals surface area (Å²) in [5, 5.41) is 2.75. The Morgan fingerprint density at radius 3 is 2.26 bits per heavy atom. The molecule has 126 valence electrons. The molecule has 0 radical (unpaired) electrons. The summed E-state index contributed by atoms with van der Waals surface area (Å²) in [5.74, 6) is 0.527. The lowest BCUT2D eigenvalue weighted by Crippen LogP contribution is -2.49. The first-order valence-corrected chi connectivity index (χ1v) is 7.95. The lowest BCUT2D eigenvalue weighted by atomic mass is 10.2. The Kier molecular flexibility index (Phi) is 5.84. The van der Waals surface area contributed by atoms with Gasteiger partial charge in [-0.25, -0.2) is 0 Å². The van der Waals surface area contributed by atoms with Crippen LogP contribution in [0, 0.1) is 0 Å². The predicted molar refractivity (Wildman–Crippen MR) is 89.7 cm³/mol. The van der Waals surface area contributed by atoms with Crippen LogP contribution in [0.25, 0.3) is 0 Å². The number of nitrogens with zero attached hydrogens (tertiary/aromatic N) is 2. The Bertz CT molecular complexity index is 535. The second kappa shape index (κ2) is 7.85. The zero-order chi connectivity index (χ0) is 16.8. The van der Waals surface area contributed by atoms with Gasteiger partial charge >= 0.3 is 0 Å². The van der Waals surface area contributed by atoms with Crippen molar-refractivity contribution < 1.29 is 14.3 Å². The van der Waals surface area contributed by atoms with Crippen molar-refractivity contribution >= 4 is 17.5 Å². The third-order valence-corrected chi connectivity index (χ3v) is 3.83. The molecule has 0 aromatic heterocycles. The highest BCUT2D eigenvalue weighted by Crippen LogP contribution is 2.20. The number of amides is 2. The number of rotatable bonds is 5. The Morgan fingerprint density at radius 1 is 1.13 bits per heavy atom. The van der Waals surface area contributed by atoms with E-state index in [1.54, 1.807) is 12.0 Å². The third kappa shape index (κ3) is 4.87. The minimum Gasteiger partial charge on any atom is -0.497 e. The van der Waals surface area contributed by atoms with Crippen molar-refractivity contribution in [2.45, 2.75) is 26.3 Å². The molecule has 0 bridgehead atoms. The maximum atomic E-state index is 12.1. The summed E-state index contributed by atoms with van der Waals surface area (Å²) in [6, 6.07) is 7.97. The van der Waals surface area contributed by atoms with Crippen molar-refractivity contribution in [2.24, 2.45) is 0 Å². The molecular formula is C17H25N3O3. The van der Waals surface area contributed by atoms with Crippen LogP contribution < -0.4 is 15.0 Å². The van der Waals surface area contributed by atoms with Crippen LogP contribution in [0.3, 0.4) is 0 Å². The van der Waals surface area contributed by atoms with Crippen LogP contribution in [0.4, 0.5) is 5.69 Å². The van der Waals surface area contributed by atoms with Crippen LogP contribution in [-0.2, 0) is 9.59 Å². The van der Waals surface area contributed by atoms with Gasteiger partial charge in [-0.05, 0) is 38.1 Å². The Morgan fingerprint density at radius 2 is 1.74 bits per heavy atom. The summed E-state index contributed by atoms with van der Waals surface area (Å²) < 4.78 is 5.16. The maximum absolute atomic E-state index is 12.1. The molecule has 1 aliphatic heterocycles. The molecule has 1 saturated heterocycles. The molecule has 1 aromatic rings. The van der Waals surface area contributed by atoms with Gasteiger partial charge < -0.3 is 19.9 Å². The van der Waals surface area contributed by atoms with Crippen molar-refractivity contribution in [2.75, 3.05) is 38.2 Å². The van der Waals surface area contributed by atoms with E-state index in [0.717, 1.165) is 24.5 Å². The van der Waals surface area contributed by atoms with E-state index in [-0.39, 0.29) is 24.3 Å². The van der Waals surface area contributed by atoms with E-state index >= 15 is 0 Å². The summed E-state index contributed by atoms with van der Waals surface area (Å²) >= 11 is 0. The van der Waals surface area contributed by atoms with Crippen molar-refractivity contribution in [3.63, 3.8) is 0 Å². The van der Waals surface area contributed by atoms with Crippen LogP contribution in [0.5, 0.6) is 5.75 Å². The molecule has 6 nitrogen and oxygen atoms in total. The number of carbonyl (C=O) groups excluding carboxylic acids is 2. The predicted octanol–water partition coefficient (Wildman–Crippen LogP) is 1.26. The van der Waals surface area contributed by atoms with E-state index in [1.165, 1.54) is 0 Å². The van der Waals surface area contributed by atoms with Gasteiger partial charge in [-0.2, -0.15) is 0 Å². The lowest BCUT2D eigenvalue weighted by molar-refractivity contribution is -0.136. The molecule has 1 heterocycles. The lowest BCUT2D eigenvalue weighted by Gasteiger charge is -2.36. The smallest absolute Gasteiger partial charge is 0.232 e. The van der Waals surface area contributed by atoms with Crippen LogP contribution in [0.1, 0.15) is 20.3 Å². The third-order valence-electron chi connectivity index (χ3n) is 3.83. The maximum Gasteiger partial charge on any atom is 0.232 e. The van der Waals surface area contributed by atoms with Crippen molar-refractivity contribution in [3.05, 3.63) is 24.3 Å². The number of benzene rings is 1. The molecular weight excluding hydrogens is 294 g/mol. The van der Waals surface area contributed by atoms with Crippen LogP contribution >= 0.6 is 0 Å². The first kappa shape index (κ1) is 17.1. The van der Waals surface area contributed by atoms with E-state index < -0.39 is 0 Å². The SMILES string of the molecule is COc1ccc(N2CCN(C(=O)CC(=O)NC(C)C)CC2)cc1. The number of hydrogen-bond acceptors (Lipinski definition) is 4. The number of ether oxygens (including phenoxy) is 1. The molecule has 1 N–H and O–H groups in total. The second-order valence-corrected chi connectivity index (χ2v) is 5.96. The highest BCUT2D eigenvalue weighted by atomic mass is 16.5. The number of piperazine rings is 1. The average molecular weight is 319 g/mol. The summed E-state index contributed by atoms with van der Waals surface area (Å²) in [7, 11) is 1.65. The number of nitrogens with one attached hydrogen (secondary N) is 1. The largest absolute Gasteiger partial charge is 0.497 e. The van der Waals surface area contributed by atoms with Gasteiger partial charge in [0.05, 0.1) is 7.11 Å². The molecule has 0 spiro atoms. The molecule has 2 rings (SSSR count). The Labute approximate surface area is 137 Å². The fourth-order valence-electron chi connectivity index (χ4n) is 2.63. The van der Waals surface area contributed by atoms with Crippen LogP contribution in [0.15, 0.2) is 24.3 Å². The quantitative estimate of drug-likeness (QED) is 0.830. The summed E-state index contributed by atoms with van der Waals surface area (Å²) in [6.07, 6.45) is -0.0687. The van der Waals surface area contributed by atoms with Gasteiger partial charge in [0.25, 0.3) is 0 Å². The van der Waals surface area contributed by atoms with Gasteiger partial charge in [-0.1, -0.05) is 0 Å². The van der Waals surface area contributed by atoms with E-state index in [4.69, 9.17) is 4.74 Å². The summed E-state index contributed by atoms with van der Waals surface area (Å²) in [5.41, 5.74) is 1.12. The molecule has 6 heteroatoms. The van der Waals surface area contributed by atoms with E-state index in [2.05, 4.69) is 10.2 Å². The van der Waals surface area contributed by atoms with E-state index in [0.29, 0.717) is 13.1 Å². The molecule has 0 aliphatic carbocycles. The van der Waals surface area contributed by atoms with E-state index in [9.17, 15) is 9.59 Å². The summed E-state index contributed by atoms with van der Waals surface area (Å²) in [4.78, 5) is 27.8. The number of anilines is 1. The molecule has 23 heavy (non-hydrogen) atoms. The second-order valence-electron chi connectivity index (χ2n) is 5.96. The van der Waals surface area contributed by atoms with Gasteiger partial charge in [0, 0.05) is 37.9 Å². The van der Waals surface area contributed by atoms with Gasteiger partial charge in [0.1, 0.15) is 12.2 Å². The van der Waals surface area contributed by atoms with Gasteiger partial charge in [-0.15, -0.1) is 0 Å². The fraction of sp³-hybridized carbons (Fsp3) is 0.529.